The Balaban J connectivity index is 2.43. The van der Waals surface area contributed by atoms with Crippen LogP contribution in [0.5, 0.6) is 0 Å². The second kappa shape index (κ2) is 3.97. The van der Waals surface area contributed by atoms with Gasteiger partial charge >= 0.3 is 11.7 Å². The summed E-state index contributed by atoms with van der Waals surface area (Å²) in [5.74, 6) is 0. The maximum atomic E-state index is 11.5. The average molecular weight is 234 g/mol. The fourth-order valence-corrected chi connectivity index (χ4v) is 1.55. The molecule has 0 bridgehead atoms. The van der Waals surface area contributed by atoms with Gasteiger partial charge in [0.2, 0.25) is 0 Å². The monoisotopic (exact) mass is 234 g/mol. The Morgan fingerprint density at radius 2 is 1.82 bits per heavy atom. The molecule has 0 saturated carbocycles. The van der Waals surface area contributed by atoms with Crippen LogP contribution in [0, 0.1) is 6.92 Å². The highest BCUT2D eigenvalue weighted by atomic mass is 16.2. The summed E-state index contributed by atoms with van der Waals surface area (Å²) in [6.45, 7) is 1.87. The third kappa shape index (κ3) is 2.15. The number of fused-ring (bicyclic) bond motifs is 1. The quantitative estimate of drug-likeness (QED) is 0.694. The molecule has 0 saturated heterocycles. The highest BCUT2D eigenvalue weighted by Gasteiger charge is 2.08. The molecule has 0 atom stereocenters. The third-order valence-electron chi connectivity index (χ3n) is 2.51. The van der Waals surface area contributed by atoms with Crippen LogP contribution < -0.4 is 11.0 Å². The molecule has 0 aliphatic heterocycles. The topological polar surface area (TPSA) is 81.0 Å². The predicted octanol–water partition coefficient (Wildman–Crippen LogP) is 1.26. The molecule has 90 valence electrons. The van der Waals surface area contributed by atoms with Gasteiger partial charge in [0.25, 0.3) is 0 Å². The van der Waals surface area contributed by atoms with Crippen molar-refractivity contribution in [3.63, 3.8) is 0 Å². The summed E-state index contributed by atoms with van der Waals surface area (Å²) in [7, 11) is 3.34. The van der Waals surface area contributed by atoms with Gasteiger partial charge in [0, 0.05) is 19.8 Å². The van der Waals surface area contributed by atoms with Crippen LogP contribution in [0.25, 0.3) is 11.0 Å². The molecule has 0 spiro atoms. The number of H-pyrrole nitrogens is 2. The van der Waals surface area contributed by atoms with Crippen LogP contribution in [-0.4, -0.2) is 35.0 Å². The van der Waals surface area contributed by atoms with Crippen molar-refractivity contribution in [3.05, 3.63) is 28.2 Å². The zero-order valence-electron chi connectivity index (χ0n) is 9.92. The molecule has 0 radical (unpaired) electrons. The normalized spacial score (nSPS) is 10.5. The Morgan fingerprint density at radius 3 is 2.41 bits per heavy atom. The number of nitrogens with one attached hydrogen (secondary N) is 3. The van der Waals surface area contributed by atoms with Gasteiger partial charge in [-0.05, 0) is 24.6 Å². The van der Waals surface area contributed by atoms with Gasteiger partial charge in [-0.1, -0.05) is 0 Å². The Hall–Kier alpha value is -2.24. The number of urea groups is 1. The number of carbonyl (C=O) groups excluding carboxylic acids is 1. The van der Waals surface area contributed by atoms with Gasteiger partial charge in [0.1, 0.15) is 0 Å². The van der Waals surface area contributed by atoms with Crippen LogP contribution in [0.4, 0.5) is 10.5 Å². The first-order chi connectivity index (χ1) is 7.97. The Bertz CT molecular complexity index is 624. The standard InChI is InChI=1S/C11H14N4O2/c1-6-4-8-9(13-10(16)12-8)5-7(6)14-11(17)15(2)3/h4-5H,1-3H3,(H,14,17)(H2,12,13,16). The largest absolute Gasteiger partial charge is 0.331 e. The van der Waals surface area contributed by atoms with Crippen molar-refractivity contribution in [3.8, 4) is 0 Å². The van der Waals surface area contributed by atoms with Gasteiger partial charge in [-0.3, -0.25) is 0 Å². The minimum absolute atomic E-state index is 0.203. The lowest BCUT2D eigenvalue weighted by atomic mass is 10.2. The molecular formula is C11H14N4O2. The van der Waals surface area contributed by atoms with E-state index < -0.39 is 0 Å². The number of anilines is 1. The van der Waals surface area contributed by atoms with Gasteiger partial charge in [-0.15, -0.1) is 0 Å². The Labute approximate surface area is 97.6 Å². The summed E-state index contributed by atoms with van der Waals surface area (Å²) in [5.41, 5.74) is 2.73. The number of benzene rings is 1. The van der Waals surface area contributed by atoms with Gasteiger partial charge in [0.15, 0.2) is 0 Å². The van der Waals surface area contributed by atoms with Crippen LogP contribution in [0.1, 0.15) is 5.56 Å². The summed E-state index contributed by atoms with van der Waals surface area (Å²) in [6.07, 6.45) is 0. The number of imidazole rings is 1. The molecule has 3 N–H and O–H groups in total. The number of hydrogen-bond acceptors (Lipinski definition) is 2. The first-order valence-electron chi connectivity index (χ1n) is 5.18. The number of nitrogens with zero attached hydrogens (tertiary/aromatic N) is 1. The second-order valence-electron chi connectivity index (χ2n) is 4.12. The van der Waals surface area contributed by atoms with E-state index in [-0.39, 0.29) is 11.7 Å². The van der Waals surface area contributed by atoms with E-state index in [2.05, 4.69) is 15.3 Å². The fourth-order valence-electron chi connectivity index (χ4n) is 1.55. The second-order valence-corrected chi connectivity index (χ2v) is 4.12. The van der Waals surface area contributed by atoms with E-state index in [4.69, 9.17) is 0 Å². The number of hydrogen-bond donors (Lipinski definition) is 3. The molecule has 0 unspecified atom stereocenters. The lowest BCUT2D eigenvalue weighted by molar-refractivity contribution is 0.230. The number of rotatable bonds is 1. The van der Waals surface area contributed by atoms with Gasteiger partial charge in [-0.2, -0.15) is 0 Å². The molecule has 1 aromatic carbocycles. The van der Waals surface area contributed by atoms with Gasteiger partial charge < -0.3 is 20.2 Å². The van der Waals surface area contributed by atoms with Crippen molar-refractivity contribution in [1.29, 1.82) is 0 Å². The van der Waals surface area contributed by atoms with Gasteiger partial charge in [0.05, 0.1) is 11.0 Å². The molecule has 2 rings (SSSR count). The number of aryl methyl sites for hydroxylation is 1. The van der Waals surface area contributed by atoms with Crippen LogP contribution in [0.3, 0.4) is 0 Å². The molecule has 17 heavy (non-hydrogen) atoms. The zero-order chi connectivity index (χ0) is 12.6. The van der Waals surface area contributed by atoms with Gasteiger partial charge in [-0.25, -0.2) is 9.59 Å². The molecule has 0 fully saturated rings. The minimum atomic E-state index is -0.254. The molecular weight excluding hydrogens is 220 g/mol. The van der Waals surface area contributed by atoms with E-state index in [1.165, 1.54) is 4.90 Å². The average Bonchev–Trinajstić information content (AvgIpc) is 2.57. The molecule has 0 aliphatic carbocycles. The number of aromatic amines is 2. The molecule has 2 amide bonds. The fraction of sp³-hybridized carbons (Fsp3) is 0.273. The highest BCUT2D eigenvalue weighted by Crippen LogP contribution is 2.20. The van der Waals surface area contributed by atoms with E-state index in [1.807, 2.05) is 13.0 Å². The summed E-state index contributed by atoms with van der Waals surface area (Å²) in [4.78, 5) is 29.4. The molecule has 1 aromatic heterocycles. The van der Waals surface area contributed by atoms with Crippen LogP contribution in [0.2, 0.25) is 0 Å². The number of amides is 2. The summed E-state index contributed by atoms with van der Waals surface area (Å²) >= 11 is 0. The van der Waals surface area contributed by atoms with E-state index in [1.54, 1.807) is 20.2 Å². The lowest BCUT2D eigenvalue weighted by Gasteiger charge is -2.13. The predicted molar refractivity (Wildman–Crippen MR) is 66.4 cm³/mol. The van der Waals surface area contributed by atoms with Crippen LogP contribution >= 0.6 is 0 Å². The van der Waals surface area contributed by atoms with Crippen LogP contribution in [0.15, 0.2) is 16.9 Å². The summed E-state index contributed by atoms with van der Waals surface area (Å²) in [6, 6.07) is 3.35. The third-order valence-corrected chi connectivity index (χ3v) is 2.51. The summed E-state index contributed by atoms with van der Waals surface area (Å²) < 4.78 is 0. The van der Waals surface area contributed by atoms with Crippen molar-refractivity contribution in [2.75, 3.05) is 19.4 Å². The maximum Gasteiger partial charge on any atom is 0.323 e. The molecule has 2 aromatic rings. The van der Waals surface area contributed by atoms with E-state index in [9.17, 15) is 9.59 Å². The van der Waals surface area contributed by atoms with E-state index >= 15 is 0 Å². The maximum absolute atomic E-state index is 11.5. The van der Waals surface area contributed by atoms with Crippen molar-refractivity contribution >= 4 is 22.8 Å². The van der Waals surface area contributed by atoms with Crippen molar-refractivity contribution in [1.82, 2.24) is 14.9 Å². The lowest BCUT2D eigenvalue weighted by Crippen LogP contribution is -2.27. The number of aromatic nitrogens is 2. The first kappa shape index (κ1) is 11.3. The van der Waals surface area contributed by atoms with E-state index in [0.717, 1.165) is 11.1 Å². The Morgan fingerprint density at radius 1 is 1.24 bits per heavy atom. The Kier molecular flexibility index (Phi) is 2.63. The van der Waals surface area contributed by atoms with Crippen molar-refractivity contribution in [2.45, 2.75) is 6.92 Å². The SMILES string of the molecule is Cc1cc2[nH]c(=O)[nH]c2cc1NC(=O)N(C)C. The van der Waals surface area contributed by atoms with Crippen LogP contribution in [-0.2, 0) is 0 Å². The minimum Gasteiger partial charge on any atom is -0.331 e. The molecule has 0 aliphatic rings. The smallest absolute Gasteiger partial charge is 0.323 e. The molecule has 6 nitrogen and oxygen atoms in total. The van der Waals surface area contributed by atoms with Crippen molar-refractivity contribution < 1.29 is 4.79 Å². The summed E-state index contributed by atoms with van der Waals surface area (Å²) in [5, 5.41) is 2.76. The first-order valence-corrected chi connectivity index (χ1v) is 5.18. The number of carbonyl (C=O) groups is 1. The van der Waals surface area contributed by atoms with Crippen molar-refractivity contribution in [2.24, 2.45) is 0 Å². The van der Waals surface area contributed by atoms with E-state index in [0.29, 0.717) is 11.2 Å². The molecule has 1 heterocycles. The zero-order valence-corrected chi connectivity index (χ0v) is 9.92. The highest BCUT2D eigenvalue weighted by molar-refractivity contribution is 5.92. The molecule has 6 heteroatoms.